The van der Waals surface area contributed by atoms with Crippen LogP contribution in [0.5, 0.6) is 11.5 Å². The van der Waals surface area contributed by atoms with E-state index in [0.717, 1.165) is 30.9 Å². The molecule has 0 bridgehead atoms. The Bertz CT molecular complexity index is 580. The molecule has 3 nitrogen and oxygen atoms in total. The second kappa shape index (κ2) is 6.64. The molecule has 0 amide bonds. The summed E-state index contributed by atoms with van der Waals surface area (Å²) in [5.74, 6) is 2.31. The monoisotopic (exact) mass is 283 g/mol. The highest BCUT2D eigenvalue weighted by atomic mass is 16.5. The van der Waals surface area contributed by atoms with Crippen molar-refractivity contribution in [2.24, 2.45) is 5.73 Å². The van der Waals surface area contributed by atoms with Gasteiger partial charge in [0.2, 0.25) is 0 Å². The molecule has 0 aromatic heterocycles. The van der Waals surface area contributed by atoms with Crippen LogP contribution in [0.25, 0.3) is 0 Å². The summed E-state index contributed by atoms with van der Waals surface area (Å²) in [6.07, 6.45) is 1.91. The van der Waals surface area contributed by atoms with Crippen LogP contribution in [0.15, 0.2) is 48.5 Å². The summed E-state index contributed by atoms with van der Waals surface area (Å²) in [7, 11) is 0. The van der Waals surface area contributed by atoms with Gasteiger partial charge in [0.1, 0.15) is 11.5 Å². The Hall–Kier alpha value is -2.00. The molecule has 2 N–H and O–H groups in total. The van der Waals surface area contributed by atoms with E-state index in [9.17, 15) is 0 Å². The Morgan fingerprint density at radius 3 is 2.71 bits per heavy atom. The molecule has 2 aromatic rings. The summed E-state index contributed by atoms with van der Waals surface area (Å²) in [4.78, 5) is 0. The lowest BCUT2D eigenvalue weighted by Crippen LogP contribution is -2.19. The molecule has 110 valence electrons. The van der Waals surface area contributed by atoms with Crippen molar-refractivity contribution in [3.8, 4) is 11.5 Å². The molecule has 0 aliphatic carbocycles. The average Bonchev–Trinajstić information content (AvgIpc) is 2.54. The number of rotatable bonds is 5. The highest BCUT2D eigenvalue weighted by Gasteiger charge is 2.21. The minimum absolute atomic E-state index is 0.402. The molecule has 3 heteroatoms. The maximum atomic E-state index is 5.95. The molecule has 2 aromatic carbocycles. The van der Waals surface area contributed by atoms with E-state index in [0.29, 0.717) is 19.1 Å². The first kappa shape index (κ1) is 14.0. The van der Waals surface area contributed by atoms with Crippen molar-refractivity contribution in [3.05, 3.63) is 59.7 Å². The van der Waals surface area contributed by atoms with Gasteiger partial charge in [-0.25, -0.2) is 0 Å². The second-order valence-corrected chi connectivity index (χ2v) is 5.37. The van der Waals surface area contributed by atoms with Crippen LogP contribution in [-0.4, -0.2) is 19.8 Å². The van der Waals surface area contributed by atoms with E-state index in [1.54, 1.807) is 0 Å². The first-order valence-electron chi connectivity index (χ1n) is 7.50. The molecule has 0 radical (unpaired) electrons. The van der Waals surface area contributed by atoms with Crippen molar-refractivity contribution in [1.82, 2.24) is 0 Å². The molecular weight excluding hydrogens is 262 g/mol. The summed E-state index contributed by atoms with van der Waals surface area (Å²) >= 11 is 0. The molecule has 0 spiro atoms. The summed E-state index contributed by atoms with van der Waals surface area (Å²) in [5.41, 5.74) is 8.06. The van der Waals surface area contributed by atoms with Crippen molar-refractivity contribution in [2.75, 3.05) is 19.8 Å². The van der Waals surface area contributed by atoms with E-state index in [4.69, 9.17) is 15.2 Å². The smallest absolute Gasteiger partial charge is 0.122 e. The van der Waals surface area contributed by atoms with Gasteiger partial charge in [0.25, 0.3) is 0 Å². The van der Waals surface area contributed by atoms with Gasteiger partial charge in [0, 0.05) is 11.5 Å². The predicted molar refractivity (Wildman–Crippen MR) is 84.0 cm³/mol. The van der Waals surface area contributed by atoms with Crippen molar-refractivity contribution in [1.29, 1.82) is 0 Å². The zero-order valence-electron chi connectivity index (χ0n) is 12.1. The number of ether oxygens (including phenoxy) is 2. The number of nitrogens with two attached hydrogens (primary N) is 1. The number of benzene rings is 2. The Morgan fingerprint density at radius 1 is 1.10 bits per heavy atom. The van der Waals surface area contributed by atoms with E-state index in [1.807, 2.05) is 24.3 Å². The molecule has 0 fully saturated rings. The molecule has 3 rings (SSSR count). The van der Waals surface area contributed by atoms with Crippen molar-refractivity contribution < 1.29 is 9.47 Å². The normalized spacial score (nSPS) is 16.9. The van der Waals surface area contributed by atoms with E-state index < -0.39 is 0 Å². The summed E-state index contributed by atoms with van der Waals surface area (Å²) in [6, 6.07) is 16.4. The zero-order valence-corrected chi connectivity index (χ0v) is 12.1. The van der Waals surface area contributed by atoms with E-state index in [2.05, 4.69) is 24.3 Å². The lowest BCUT2D eigenvalue weighted by molar-refractivity contribution is 0.217. The Kier molecular flexibility index (Phi) is 4.41. The molecule has 0 saturated heterocycles. The molecule has 1 atom stereocenters. The van der Waals surface area contributed by atoms with Gasteiger partial charge >= 0.3 is 0 Å². The zero-order chi connectivity index (χ0) is 14.5. The number of para-hydroxylation sites is 1. The van der Waals surface area contributed by atoms with Gasteiger partial charge in [-0.1, -0.05) is 30.3 Å². The van der Waals surface area contributed by atoms with Crippen LogP contribution >= 0.6 is 0 Å². The molecular formula is C18H21NO2. The fraction of sp³-hybridized carbons (Fsp3) is 0.333. The first-order chi connectivity index (χ1) is 10.4. The molecule has 1 unspecified atom stereocenters. The quantitative estimate of drug-likeness (QED) is 0.917. The van der Waals surface area contributed by atoms with E-state index in [-0.39, 0.29) is 0 Å². The summed E-state index contributed by atoms with van der Waals surface area (Å²) < 4.78 is 11.6. The fourth-order valence-corrected chi connectivity index (χ4v) is 2.70. The van der Waals surface area contributed by atoms with E-state index in [1.165, 1.54) is 11.1 Å². The maximum absolute atomic E-state index is 5.95. The largest absolute Gasteiger partial charge is 0.493 e. The SMILES string of the molecule is NCCc1ccc(OCC2CCOc3ccccc32)cc1. The Morgan fingerprint density at radius 2 is 1.90 bits per heavy atom. The van der Waals surface area contributed by atoms with Crippen LogP contribution in [0.3, 0.4) is 0 Å². The van der Waals surface area contributed by atoms with Gasteiger partial charge in [-0.3, -0.25) is 0 Å². The molecule has 1 heterocycles. The molecule has 1 aliphatic rings. The lowest BCUT2D eigenvalue weighted by Gasteiger charge is -2.25. The van der Waals surface area contributed by atoms with Gasteiger partial charge in [-0.2, -0.15) is 0 Å². The minimum Gasteiger partial charge on any atom is -0.493 e. The van der Waals surface area contributed by atoms with Crippen molar-refractivity contribution >= 4 is 0 Å². The van der Waals surface area contributed by atoms with Crippen LogP contribution < -0.4 is 15.2 Å². The highest BCUT2D eigenvalue weighted by molar-refractivity contribution is 5.38. The standard InChI is InChI=1S/C18H21NO2/c19-11-9-14-5-7-16(8-6-14)21-13-15-10-12-20-18-4-2-1-3-17(15)18/h1-8,15H,9-13,19H2. The molecule has 1 aliphatic heterocycles. The van der Waals surface area contributed by atoms with Crippen LogP contribution in [0.2, 0.25) is 0 Å². The average molecular weight is 283 g/mol. The Labute approximate surface area is 125 Å². The number of fused-ring (bicyclic) bond motifs is 1. The van der Waals surface area contributed by atoms with E-state index >= 15 is 0 Å². The predicted octanol–water partition coefficient (Wildman–Crippen LogP) is 3.13. The second-order valence-electron chi connectivity index (χ2n) is 5.37. The molecule has 21 heavy (non-hydrogen) atoms. The minimum atomic E-state index is 0.402. The van der Waals surface area contributed by atoms with Crippen LogP contribution in [0.1, 0.15) is 23.5 Å². The van der Waals surface area contributed by atoms with Gasteiger partial charge in [-0.05, 0) is 43.1 Å². The third kappa shape index (κ3) is 3.37. The number of hydrogen-bond acceptors (Lipinski definition) is 3. The highest BCUT2D eigenvalue weighted by Crippen LogP contribution is 2.33. The van der Waals surface area contributed by atoms with Crippen LogP contribution in [0, 0.1) is 0 Å². The van der Waals surface area contributed by atoms with Gasteiger partial charge < -0.3 is 15.2 Å². The maximum Gasteiger partial charge on any atom is 0.122 e. The van der Waals surface area contributed by atoms with Crippen LogP contribution in [0.4, 0.5) is 0 Å². The van der Waals surface area contributed by atoms with Crippen molar-refractivity contribution in [2.45, 2.75) is 18.8 Å². The first-order valence-corrected chi connectivity index (χ1v) is 7.50. The summed E-state index contributed by atoms with van der Waals surface area (Å²) in [5, 5.41) is 0. The third-order valence-corrected chi connectivity index (χ3v) is 3.89. The van der Waals surface area contributed by atoms with Gasteiger partial charge in [-0.15, -0.1) is 0 Å². The Balaban J connectivity index is 1.63. The van der Waals surface area contributed by atoms with Crippen molar-refractivity contribution in [3.63, 3.8) is 0 Å². The fourth-order valence-electron chi connectivity index (χ4n) is 2.70. The molecule has 0 saturated carbocycles. The summed E-state index contributed by atoms with van der Waals surface area (Å²) in [6.45, 7) is 2.14. The third-order valence-electron chi connectivity index (χ3n) is 3.89. The van der Waals surface area contributed by atoms with Crippen LogP contribution in [-0.2, 0) is 6.42 Å². The van der Waals surface area contributed by atoms with Gasteiger partial charge in [0.15, 0.2) is 0 Å². The van der Waals surface area contributed by atoms with Gasteiger partial charge in [0.05, 0.1) is 13.2 Å². The number of hydrogen-bond donors (Lipinski definition) is 1. The topological polar surface area (TPSA) is 44.5 Å². The lowest BCUT2D eigenvalue weighted by atomic mass is 9.94.